The van der Waals surface area contributed by atoms with Gasteiger partial charge in [-0.1, -0.05) is 36.8 Å². The van der Waals surface area contributed by atoms with Crippen molar-refractivity contribution in [1.29, 1.82) is 0 Å². The van der Waals surface area contributed by atoms with Crippen molar-refractivity contribution in [2.45, 2.75) is 75.8 Å². The molecule has 26 heavy (non-hydrogen) atoms. The number of fused-ring (bicyclic) bond motifs is 2. The molecule has 3 N–H and O–H groups in total. The molecule has 3 nitrogen and oxygen atoms in total. The topological polar surface area (TPSA) is 55.1 Å². The molecule has 0 aliphatic heterocycles. The fourth-order valence-corrected chi connectivity index (χ4v) is 5.62. The standard InChI is InChI=1S/C22H32N2O.ClH/c23-21-17-7-4-8-18(21)14-19(13-17)22(25)24-20-11-9-16(10-12-20)15-5-2-1-3-6-15;/h1-3,5-6,16-21H,4,7-14,23H2,(H,24,25);1H. The lowest BCUT2D eigenvalue weighted by molar-refractivity contribution is -0.128. The SMILES string of the molecule is Cl.NC1C2CCCC1CC(C(=O)NC1CCC(c3ccccc3)CC1)C2. The highest BCUT2D eigenvalue weighted by Crippen LogP contribution is 2.42. The summed E-state index contributed by atoms with van der Waals surface area (Å²) < 4.78 is 0. The summed E-state index contributed by atoms with van der Waals surface area (Å²) in [7, 11) is 0. The Morgan fingerprint density at radius 2 is 1.54 bits per heavy atom. The summed E-state index contributed by atoms with van der Waals surface area (Å²) in [6.07, 6.45) is 10.4. The van der Waals surface area contributed by atoms with Crippen LogP contribution in [0.5, 0.6) is 0 Å². The number of hydrogen-bond donors (Lipinski definition) is 2. The quantitative estimate of drug-likeness (QED) is 0.821. The zero-order valence-corrected chi connectivity index (χ0v) is 16.4. The molecule has 4 rings (SSSR count). The van der Waals surface area contributed by atoms with Gasteiger partial charge in [-0.2, -0.15) is 0 Å². The maximum absolute atomic E-state index is 12.8. The first-order chi connectivity index (χ1) is 12.2. The zero-order valence-electron chi connectivity index (χ0n) is 15.6. The molecule has 3 fully saturated rings. The number of hydrogen-bond acceptors (Lipinski definition) is 2. The Kier molecular flexibility index (Phi) is 6.63. The molecule has 1 aromatic carbocycles. The van der Waals surface area contributed by atoms with Gasteiger partial charge < -0.3 is 11.1 Å². The van der Waals surface area contributed by atoms with E-state index in [1.54, 1.807) is 0 Å². The smallest absolute Gasteiger partial charge is 0.223 e. The summed E-state index contributed by atoms with van der Waals surface area (Å²) in [5, 5.41) is 3.38. The minimum absolute atomic E-state index is 0. The zero-order chi connectivity index (χ0) is 17.2. The van der Waals surface area contributed by atoms with Gasteiger partial charge in [-0.15, -0.1) is 12.4 Å². The summed E-state index contributed by atoms with van der Waals surface area (Å²) in [5.74, 6) is 2.35. The van der Waals surface area contributed by atoms with E-state index in [4.69, 9.17) is 5.73 Å². The number of carbonyl (C=O) groups excluding carboxylic acids is 1. The largest absolute Gasteiger partial charge is 0.353 e. The van der Waals surface area contributed by atoms with Gasteiger partial charge in [0.2, 0.25) is 5.91 Å². The molecule has 1 amide bonds. The number of benzene rings is 1. The van der Waals surface area contributed by atoms with E-state index < -0.39 is 0 Å². The van der Waals surface area contributed by atoms with Gasteiger partial charge in [-0.25, -0.2) is 0 Å². The van der Waals surface area contributed by atoms with E-state index in [1.807, 2.05) is 0 Å². The van der Waals surface area contributed by atoms with Crippen LogP contribution in [-0.4, -0.2) is 18.0 Å². The van der Waals surface area contributed by atoms with Gasteiger partial charge in [0.25, 0.3) is 0 Å². The number of halogens is 1. The lowest BCUT2D eigenvalue weighted by Gasteiger charge is -2.44. The molecule has 0 saturated heterocycles. The van der Waals surface area contributed by atoms with Crippen molar-refractivity contribution >= 4 is 18.3 Å². The number of carbonyl (C=O) groups is 1. The molecule has 2 unspecified atom stereocenters. The lowest BCUT2D eigenvalue weighted by Crippen LogP contribution is -2.50. The van der Waals surface area contributed by atoms with E-state index in [-0.39, 0.29) is 18.3 Å². The Bertz CT molecular complexity index is 571. The monoisotopic (exact) mass is 376 g/mol. The number of amides is 1. The number of nitrogens with two attached hydrogens (primary N) is 1. The van der Waals surface area contributed by atoms with Crippen molar-refractivity contribution < 1.29 is 4.79 Å². The van der Waals surface area contributed by atoms with Crippen LogP contribution >= 0.6 is 12.4 Å². The van der Waals surface area contributed by atoms with Crippen molar-refractivity contribution in [2.24, 2.45) is 23.5 Å². The van der Waals surface area contributed by atoms with Gasteiger partial charge in [0, 0.05) is 18.0 Å². The van der Waals surface area contributed by atoms with Crippen LogP contribution in [-0.2, 0) is 4.79 Å². The second-order valence-corrected chi connectivity index (χ2v) is 8.66. The number of rotatable bonds is 3. The Hall–Kier alpha value is -1.06. The Labute approximate surface area is 163 Å². The van der Waals surface area contributed by atoms with Gasteiger partial charge >= 0.3 is 0 Å². The highest BCUT2D eigenvalue weighted by molar-refractivity contribution is 5.85. The molecule has 2 bridgehead atoms. The Morgan fingerprint density at radius 3 is 2.15 bits per heavy atom. The minimum atomic E-state index is 0. The fourth-order valence-electron chi connectivity index (χ4n) is 5.62. The van der Waals surface area contributed by atoms with Crippen LogP contribution in [0.1, 0.15) is 69.3 Å². The third-order valence-corrected chi connectivity index (χ3v) is 7.13. The molecule has 0 heterocycles. The van der Waals surface area contributed by atoms with Crippen molar-refractivity contribution in [1.82, 2.24) is 5.32 Å². The highest BCUT2D eigenvalue weighted by Gasteiger charge is 2.40. The Balaban J connectivity index is 0.00000196. The molecular formula is C22H33ClN2O. The normalized spacial score (nSPS) is 36.7. The molecule has 4 heteroatoms. The molecule has 3 saturated carbocycles. The van der Waals surface area contributed by atoms with Crippen molar-refractivity contribution in [2.75, 3.05) is 0 Å². The summed E-state index contributed by atoms with van der Waals surface area (Å²) in [5.41, 5.74) is 7.83. The minimum Gasteiger partial charge on any atom is -0.353 e. The summed E-state index contributed by atoms with van der Waals surface area (Å²) in [6.45, 7) is 0. The van der Waals surface area contributed by atoms with E-state index in [0.29, 0.717) is 35.7 Å². The van der Waals surface area contributed by atoms with Crippen molar-refractivity contribution in [3.8, 4) is 0 Å². The van der Waals surface area contributed by atoms with E-state index in [2.05, 4.69) is 35.6 Å². The molecule has 144 valence electrons. The summed E-state index contributed by atoms with van der Waals surface area (Å²) in [4.78, 5) is 12.8. The Morgan fingerprint density at radius 1 is 0.923 bits per heavy atom. The molecule has 0 aromatic heterocycles. The van der Waals surface area contributed by atoms with E-state index in [0.717, 1.165) is 25.7 Å². The summed E-state index contributed by atoms with van der Waals surface area (Å²) >= 11 is 0. The maximum atomic E-state index is 12.8. The molecule has 0 radical (unpaired) electrons. The predicted molar refractivity (Wildman–Crippen MR) is 108 cm³/mol. The second-order valence-electron chi connectivity index (χ2n) is 8.66. The maximum Gasteiger partial charge on any atom is 0.223 e. The second kappa shape index (κ2) is 8.75. The molecule has 2 atom stereocenters. The molecule has 3 aliphatic rings. The van der Waals surface area contributed by atoms with E-state index in [1.165, 1.54) is 37.7 Å². The first-order valence-corrected chi connectivity index (χ1v) is 10.3. The van der Waals surface area contributed by atoms with E-state index >= 15 is 0 Å². The first-order valence-electron chi connectivity index (χ1n) is 10.3. The van der Waals surface area contributed by atoms with Crippen molar-refractivity contribution in [3.63, 3.8) is 0 Å². The van der Waals surface area contributed by atoms with E-state index in [9.17, 15) is 4.79 Å². The highest BCUT2D eigenvalue weighted by atomic mass is 35.5. The van der Waals surface area contributed by atoms with Crippen LogP contribution in [0.3, 0.4) is 0 Å². The molecule has 0 spiro atoms. The van der Waals surface area contributed by atoms with Gasteiger partial charge in [-0.3, -0.25) is 4.79 Å². The van der Waals surface area contributed by atoms with Gasteiger partial charge in [0.15, 0.2) is 0 Å². The molecule has 1 aromatic rings. The van der Waals surface area contributed by atoms with Gasteiger partial charge in [0.1, 0.15) is 0 Å². The third kappa shape index (κ3) is 4.26. The van der Waals surface area contributed by atoms with Crippen LogP contribution in [0.2, 0.25) is 0 Å². The van der Waals surface area contributed by atoms with Crippen LogP contribution in [0.4, 0.5) is 0 Å². The fraction of sp³-hybridized carbons (Fsp3) is 0.682. The number of nitrogens with one attached hydrogen (secondary N) is 1. The average molecular weight is 377 g/mol. The molecule has 3 aliphatic carbocycles. The lowest BCUT2D eigenvalue weighted by atomic mass is 9.65. The molecular weight excluding hydrogens is 344 g/mol. The van der Waals surface area contributed by atoms with Crippen LogP contribution < -0.4 is 11.1 Å². The first kappa shape index (κ1) is 19.7. The van der Waals surface area contributed by atoms with Crippen molar-refractivity contribution in [3.05, 3.63) is 35.9 Å². The van der Waals surface area contributed by atoms with Crippen LogP contribution in [0.25, 0.3) is 0 Å². The van der Waals surface area contributed by atoms with Crippen LogP contribution in [0.15, 0.2) is 30.3 Å². The van der Waals surface area contributed by atoms with Gasteiger partial charge in [-0.05, 0) is 74.7 Å². The summed E-state index contributed by atoms with van der Waals surface area (Å²) in [6, 6.07) is 11.6. The van der Waals surface area contributed by atoms with Crippen LogP contribution in [0, 0.1) is 17.8 Å². The third-order valence-electron chi connectivity index (χ3n) is 7.13. The van der Waals surface area contributed by atoms with Gasteiger partial charge in [0.05, 0.1) is 0 Å². The predicted octanol–water partition coefficient (Wildman–Crippen LogP) is 4.40. The average Bonchev–Trinajstić information content (AvgIpc) is 2.63.